The summed E-state index contributed by atoms with van der Waals surface area (Å²) in [5.41, 5.74) is 4.00. The Bertz CT molecular complexity index is 914. The van der Waals surface area contributed by atoms with E-state index < -0.39 is 0 Å². The van der Waals surface area contributed by atoms with Crippen LogP contribution in [-0.2, 0) is 16.1 Å². The Balaban J connectivity index is 1.44. The predicted molar refractivity (Wildman–Crippen MR) is 117 cm³/mol. The summed E-state index contributed by atoms with van der Waals surface area (Å²) in [5.74, 6) is -0.234. The molecule has 1 aliphatic carbocycles. The minimum Gasteiger partial charge on any atom is -0.342 e. The molecule has 0 spiro atoms. The van der Waals surface area contributed by atoms with Gasteiger partial charge in [-0.1, -0.05) is 25.0 Å². The Morgan fingerprint density at radius 1 is 1.03 bits per heavy atom. The maximum atomic E-state index is 13.1. The van der Waals surface area contributed by atoms with Gasteiger partial charge in [-0.25, -0.2) is 0 Å². The molecule has 2 atom stereocenters. The van der Waals surface area contributed by atoms with Gasteiger partial charge in [-0.05, 0) is 63.3 Å². The van der Waals surface area contributed by atoms with Gasteiger partial charge in [0.05, 0.1) is 12.2 Å². The summed E-state index contributed by atoms with van der Waals surface area (Å²) in [7, 11) is 0. The van der Waals surface area contributed by atoms with Crippen LogP contribution < -0.4 is 5.32 Å². The van der Waals surface area contributed by atoms with E-state index in [-0.39, 0.29) is 23.7 Å². The van der Waals surface area contributed by atoms with E-state index >= 15 is 0 Å². The molecule has 2 aromatic rings. The van der Waals surface area contributed by atoms with Gasteiger partial charge in [-0.15, -0.1) is 0 Å². The minimum absolute atomic E-state index is 0.0180. The van der Waals surface area contributed by atoms with E-state index in [2.05, 4.69) is 16.5 Å². The Hall–Kier alpha value is -2.63. The highest BCUT2D eigenvalue weighted by molar-refractivity contribution is 5.96. The van der Waals surface area contributed by atoms with Crippen molar-refractivity contribution in [2.75, 3.05) is 18.4 Å². The van der Waals surface area contributed by atoms with Gasteiger partial charge in [0.25, 0.3) is 0 Å². The lowest BCUT2D eigenvalue weighted by molar-refractivity contribution is -0.141. The molecule has 6 nitrogen and oxygen atoms in total. The molecular weight excluding hydrogens is 376 g/mol. The normalized spacial score (nSPS) is 21.6. The highest BCUT2D eigenvalue weighted by atomic mass is 16.2. The molecule has 2 amide bonds. The number of likely N-dealkylation sites (tertiary alicyclic amines) is 1. The van der Waals surface area contributed by atoms with Crippen molar-refractivity contribution in [2.45, 2.75) is 58.9 Å². The summed E-state index contributed by atoms with van der Waals surface area (Å²) in [4.78, 5) is 28.1. The number of anilines is 1. The summed E-state index contributed by atoms with van der Waals surface area (Å²) in [6.07, 6.45) is 5.83. The van der Waals surface area contributed by atoms with Gasteiger partial charge in [0.1, 0.15) is 0 Å². The Kier molecular flexibility index (Phi) is 6.21. The molecule has 0 radical (unpaired) electrons. The van der Waals surface area contributed by atoms with E-state index in [1.165, 1.54) is 0 Å². The predicted octanol–water partition coefficient (Wildman–Crippen LogP) is 3.92. The molecule has 2 fully saturated rings. The van der Waals surface area contributed by atoms with Crippen LogP contribution in [-0.4, -0.2) is 39.6 Å². The summed E-state index contributed by atoms with van der Waals surface area (Å²) in [6, 6.07) is 10.0. The van der Waals surface area contributed by atoms with Crippen LogP contribution in [0.3, 0.4) is 0 Å². The number of carbonyl (C=O) groups excluding carboxylic acids is 2. The Morgan fingerprint density at radius 3 is 2.47 bits per heavy atom. The Labute approximate surface area is 178 Å². The second kappa shape index (κ2) is 9.02. The number of hydrogen-bond acceptors (Lipinski definition) is 3. The first-order chi connectivity index (χ1) is 14.5. The molecule has 0 bridgehead atoms. The fourth-order valence-electron chi connectivity index (χ4n) is 4.90. The van der Waals surface area contributed by atoms with Crippen LogP contribution in [0, 0.1) is 25.7 Å². The van der Waals surface area contributed by atoms with Crippen LogP contribution in [0.2, 0.25) is 0 Å². The fourth-order valence-corrected chi connectivity index (χ4v) is 4.90. The molecule has 1 aromatic heterocycles. The molecule has 1 N–H and O–H groups in total. The second-order valence-corrected chi connectivity index (χ2v) is 8.80. The van der Waals surface area contributed by atoms with Gasteiger partial charge in [0, 0.05) is 36.3 Å². The first-order valence-electron chi connectivity index (χ1n) is 11.2. The van der Waals surface area contributed by atoms with Crippen LogP contribution in [0.15, 0.2) is 30.3 Å². The number of nitrogens with zero attached hydrogens (tertiary/aromatic N) is 3. The lowest BCUT2D eigenvalue weighted by Crippen LogP contribution is -2.42. The monoisotopic (exact) mass is 408 g/mol. The third kappa shape index (κ3) is 4.58. The van der Waals surface area contributed by atoms with Crippen LogP contribution >= 0.6 is 0 Å². The van der Waals surface area contributed by atoms with Crippen molar-refractivity contribution in [1.29, 1.82) is 0 Å². The molecule has 4 rings (SSSR count). The van der Waals surface area contributed by atoms with Crippen molar-refractivity contribution < 1.29 is 9.59 Å². The number of amides is 2. The van der Waals surface area contributed by atoms with Gasteiger partial charge >= 0.3 is 0 Å². The zero-order chi connectivity index (χ0) is 21.1. The maximum Gasteiger partial charge on any atom is 0.228 e. The van der Waals surface area contributed by atoms with E-state index in [0.29, 0.717) is 6.54 Å². The minimum atomic E-state index is -0.230. The molecule has 30 heavy (non-hydrogen) atoms. The largest absolute Gasteiger partial charge is 0.342 e. The zero-order valence-electron chi connectivity index (χ0n) is 18.1. The fraction of sp³-hybridized carbons (Fsp3) is 0.542. The van der Waals surface area contributed by atoms with Gasteiger partial charge < -0.3 is 10.2 Å². The number of aryl methyl sites for hydroxylation is 2. The number of rotatable bonds is 5. The topological polar surface area (TPSA) is 67.2 Å². The second-order valence-electron chi connectivity index (χ2n) is 8.80. The highest BCUT2D eigenvalue weighted by Gasteiger charge is 2.38. The number of carbonyl (C=O) groups is 2. The number of nitrogens with one attached hydrogen (secondary N) is 1. The van der Waals surface area contributed by atoms with Crippen LogP contribution in [0.25, 0.3) is 0 Å². The number of benzene rings is 1. The molecule has 6 heteroatoms. The molecule has 160 valence electrons. The highest BCUT2D eigenvalue weighted by Crippen LogP contribution is 2.33. The SMILES string of the molecule is Cc1cc(C)n(Cc2cccc(NC(=O)C3CCCCC3C(=O)N3CCCC3)c2)n1. The lowest BCUT2D eigenvalue weighted by Gasteiger charge is -2.32. The lowest BCUT2D eigenvalue weighted by atomic mass is 9.77. The van der Waals surface area contributed by atoms with Crippen molar-refractivity contribution in [3.8, 4) is 0 Å². The van der Waals surface area contributed by atoms with Gasteiger partial charge in [-0.2, -0.15) is 5.10 Å². The molecule has 2 aliphatic rings. The van der Waals surface area contributed by atoms with Crippen molar-refractivity contribution >= 4 is 17.5 Å². The number of aromatic nitrogens is 2. The molecule has 2 heterocycles. The van der Waals surface area contributed by atoms with Gasteiger partial charge in [0.2, 0.25) is 11.8 Å². The first-order valence-corrected chi connectivity index (χ1v) is 11.2. The van der Waals surface area contributed by atoms with E-state index in [1.807, 2.05) is 47.7 Å². The third-order valence-electron chi connectivity index (χ3n) is 6.47. The standard InChI is InChI=1S/C24H32N4O2/c1-17-14-18(2)28(26-17)16-19-8-7-9-20(15-19)25-23(29)21-10-3-4-11-22(21)24(30)27-12-5-6-13-27/h7-9,14-15,21-22H,3-6,10-13,16H2,1-2H3,(H,25,29). The van der Waals surface area contributed by atoms with E-state index in [4.69, 9.17) is 0 Å². The number of hydrogen-bond donors (Lipinski definition) is 1. The quantitative estimate of drug-likeness (QED) is 0.815. The van der Waals surface area contributed by atoms with Gasteiger partial charge in [-0.3, -0.25) is 14.3 Å². The maximum absolute atomic E-state index is 13.1. The molecule has 1 saturated carbocycles. The average molecular weight is 409 g/mol. The van der Waals surface area contributed by atoms with E-state index in [0.717, 1.165) is 74.3 Å². The summed E-state index contributed by atoms with van der Waals surface area (Å²) < 4.78 is 1.97. The summed E-state index contributed by atoms with van der Waals surface area (Å²) >= 11 is 0. The van der Waals surface area contributed by atoms with Crippen molar-refractivity contribution in [1.82, 2.24) is 14.7 Å². The van der Waals surface area contributed by atoms with Crippen molar-refractivity contribution in [3.63, 3.8) is 0 Å². The Morgan fingerprint density at radius 2 is 1.77 bits per heavy atom. The van der Waals surface area contributed by atoms with Crippen LogP contribution in [0.5, 0.6) is 0 Å². The van der Waals surface area contributed by atoms with Crippen LogP contribution in [0.4, 0.5) is 5.69 Å². The molecule has 1 aliphatic heterocycles. The summed E-state index contributed by atoms with van der Waals surface area (Å²) in [5, 5.41) is 7.62. The van der Waals surface area contributed by atoms with Gasteiger partial charge in [0.15, 0.2) is 0 Å². The molecular formula is C24H32N4O2. The smallest absolute Gasteiger partial charge is 0.228 e. The van der Waals surface area contributed by atoms with Crippen LogP contribution in [0.1, 0.15) is 55.5 Å². The van der Waals surface area contributed by atoms with E-state index in [9.17, 15) is 9.59 Å². The van der Waals surface area contributed by atoms with Crippen molar-refractivity contribution in [2.24, 2.45) is 11.8 Å². The first kappa shape index (κ1) is 20.6. The van der Waals surface area contributed by atoms with Crippen molar-refractivity contribution in [3.05, 3.63) is 47.3 Å². The van der Waals surface area contributed by atoms with E-state index in [1.54, 1.807) is 0 Å². The molecule has 1 aromatic carbocycles. The third-order valence-corrected chi connectivity index (χ3v) is 6.47. The molecule has 1 saturated heterocycles. The molecule has 2 unspecified atom stereocenters. The average Bonchev–Trinajstić information content (AvgIpc) is 3.38. The summed E-state index contributed by atoms with van der Waals surface area (Å²) in [6.45, 7) is 6.40. The zero-order valence-corrected chi connectivity index (χ0v) is 18.1.